The summed E-state index contributed by atoms with van der Waals surface area (Å²) in [5.74, 6) is 0.549. The molecule has 0 aliphatic rings. The van der Waals surface area contributed by atoms with Gasteiger partial charge in [-0.05, 0) is 30.5 Å². The number of guanidine groups is 1. The molecule has 0 atom stereocenters. The molecule has 8 heteroatoms. The molecule has 0 spiro atoms. The van der Waals surface area contributed by atoms with Crippen LogP contribution in [0.15, 0.2) is 29.3 Å². The fourth-order valence-corrected chi connectivity index (χ4v) is 2.41. The van der Waals surface area contributed by atoms with Crippen molar-refractivity contribution in [3.05, 3.63) is 35.6 Å². The molecule has 1 aromatic rings. The number of nitrogens with zero attached hydrogens (tertiary/aromatic N) is 1. The standard InChI is InChI=1S/C14H22FN3O2S.HI/c1-16-14(17-9-3-11-21(2,19)20)18-10-8-12-4-6-13(15)7-5-12;/h4-7H,3,8-11H2,1-2H3,(H2,16,17,18);1H. The van der Waals surface area contributed by atoms with Gasteiger partial charge in [-0.25, -0.2) is 12.8 Å². The monoisotopic (exact) mass is 443 g/mol. The van der Waals surface area contributed by atoms with E-state index in [1.54, 1.807) is 19.2 Å². The van der Waals surface area contributed by atoms with Crippen LogP contribution in [0.1, 0.15) is 12.0 Å². The summed E-state index contributed by atoms with van der Waals surface area (Å²) >= 11 is 0. The van der Waals surface area contributed by atoms with E-state index in [4.69, 9.17) is 0 Å². The minimum Gasteiger partial charge on any atom is -0.356 e. The molecule has 126 valence electrons. The predicted octanol–water partition coefficient (Wildman–Crippen LogP) is 1.59. The maximum Gasteiger partial charge on any atom is 0.190 e. The van der Waals surface area contributed by atoms with E-state index in [1.165, 1.54) is 18.4 Å². The van der Waals surface area contributed by atoms with E-state index in [1.807, 2.05) is 0 Å². The van der Waals surface area contributed by atoms with Crippen molar-refractivity contribution in [3.8, 4) is 0 Å². The quantitative estimate of drug-likeness (QED) is 0.291. The van der Waals surface area contributed by atoms with Crippen LogP contribution in [0.3, 0.4) is 0 Å². The van der Waals surface area contributed by atoms with Gasteiger partial charge in [-0.2, -0.15) is 0 Å². The van der Waals surface area contributed by atoms with Crippen LogP contribution < -0.4 is 10.6 Å². The van der Waals surface area contributed by atoms with Crippen LogP contribution in [0.4, 0.5) is 4.39 Å². The Morgan fingerprint density at radius 1 is 1.18 bits per heavy atom. The number of hydrogen-bond acceptors (Lipinski definition) is 3. The van der Waals surface area contributed by atoms with Crippen molar-refractivity contribution in [2.24, 2.45) is 4.99 Å². The highest BCUT2D eigenvalue weighted by Crippen LogP contribution is 2.02. The Kier molecular flexibility index (Phi) is 10.3. The van der Waals surface area contributed by atoms with E-state index in [9.17, 15) is 12.8 Å². The average Bonchev–Trinajstić information content (AvgIpc) is 2.42. The van der Waals surface area contributed by atoms with E-state index in [0.717, 1.165) is 12.0 Å². The van der Waals surface area contributed by atoms with Crippen LogP contribution >= 0.6 is 24.0 Å². The minimum absolute atomic E-state index is 0. The Bertz CT molecular complexity index is 562. The molecule has 0 unspecified atom stereocenters. The van der Waals surface area contributed by atoms with Crippen LogP contribution in [-0.2, 0) is 16.3 Å². The lowest BCUT2D eigenvalue weighted by atomic mass is 10.1. The first-order valence-electron chi connectivity index (χ1n) is 6.77. The molecule has 2 N–H and O–H groups in total. The second-order valence-corrected chi connectivity index (χ2v) is 7.05. The van der Waals surface area contributed by atoms with Crippen LogP contribution in [-0.4, -0.2) is 46.5 Å². The van der Waals surface area contributed by atoms with Gasteiger partial charge >= 0.3 is 0 Å². The van der Waals surface area contributed by atoms with Gasteiger partial charge in [0.15, 0.2) is 5.96 Å². The molecule has 0 saturated carbocycles. The van der Waals surface area contributed by atoms with Gasteiger partial charge in [0.2, 0.25) is 0 Å². The third-order valence-corrected chi connectivity index (χ3v) is 3.86. The second-order valence-electron chi connectivity index (χ2n) is 4.79. The molecule has 0 saturated heterocycles. The van der Waals surface area contributed by atoms with Gasteiger partial charge in [0.1, 0.15) is 15.7 Å². The van der Waals surface area contributed by atoms with Crippen molar-refractivity contribution in [1.29, 1.82) is 0 Å². The number of sulfone groups is 1. The van der Waals surface area contributed by atoms with Crippen molar-refractivity contribution in [3.63, 3.8) is 0 Å². The predicted molar refractivity (Wildman–Crippen MR) is 99.2 cm³/mol. The second kappa shape index (κ2) is 10.8. The van der Waals surface area contributed by atoms with Gasteiger partial charge in [0.25, 0.3) is 0 Å². The summed E-state index contributed by atoms with van der Waals surface area (Å²) in [6, 6.07) is 6.37. The number of hydrogen-bond donors (Lipinski definition) is 2. The average molecular weight is 443 g/mol. The summed E-state index contributed by atoms with van der Waals surface area (Å²) in [6.07, 6.45) is 2.52. The highest BCUT2D eigenvalue weighted by atomic mass is 127. The van der Waals surface area contributed by atoms with Gasteiger partial charge in [-0.15, -0.1) is 24.0 Å². The first kappa shape index (κ1) is 21.1. The third-order valence-electron chi connectivity index (χ3n) is 2.83. The van der Waals surface area contributed by atoms with Crippen molar-refractivity contribution < 1.29 is 12.8 Å². The zero-order valence-corrected chi connectivity index (χ0v) is 15.9. The Morgan fingerprint density at radius 3 is 2.32 bits per heavy atom. The molecular weight excluding hydrogens is 420 g/mol. The summed E-state index contributed by atoms with van der Waals surface area (Å²) < 4.78 is 34.8. The molecule has 5 nitrogen and oxygen atoms in total. The van der Waals surface area contributed by atoms with Crippen LogP contribution in [0.25, 0.3) is 0 Å². The minimum atomic E-state index is -2.92. The van der Waals surface area contributed by atoms with Gasteiger partial charge in [-0.3, -0.25) is 4.99 Å². The molecule has 0 fully saturated rings. The topological polar surface area (TPSA) is 70.6 Å². The highest BCUT2D eigenvalue weighted by Gasteiger charge is 2.02. The normalized spacial score (nSPS) is 11.7. The van der Waals surface area contributed by atoms with Gasteiger partial charge in [0, 0.05) is 26.4 Å². The Morgan fingerprint density at radius 2 is 1.77 bits per heavy atom. The highest BCUT2D eigenvalue weighted by molar-refractivity contribution is 14.0. The molecule has 22 heavy (non-hydrogen) atoms. The SMILES string of the molecule is CN=C(NCCCS(C)(=O)=O)NCCc1ccc(F)cc1.I. The third kappa shape index (κ3) is 9.93. The van der Waals surface area contributed by atoms with E-state index < -0.39 is 9.84 Å². The number of benzene rings is 1. The molecule has 0 heterocycles. The van der Waals surface area contributed by atoms with E-state index >= 15 is 0 Å². The molecule has 0 radical (unpaired) electrons. The zero-order chi connectivity index (χ0) is 15.7. The fourth-order valence-electron chi connectivity index (χ4n) is 1.74. The Balaban J connectivity index is 0.00000441. The van der Waals surface area contributed by atoms with Gasteiger partial charge in [-0.1, -0.05) is 12.1 Å². The molecule has 0 aromatic heterocycles. The summed E-state index contributed by atoms with van der Waals surface area (Å²) in [5, 5.41) is 6.18. The lowest BCUT2D eigenvalue weighted by Crippen LogP contribution is -2.39. The largest absolute Gasteiger partial charge is 0.356 e. The maximum absolute atomic E-state index is 12.8. The molecule has 0 amide bonds. The van der Waals surface area contributed by atoms with E-state index in [-0.39, 0.29) is 35.5 Å². The summed E-state index contributed by atoms with van der Waals surface area (Å²) in [7, 11) is -1.26. The summed E-state index contributed by atoms with van der Waals surface area (Å²) in [5.41, 5.74) is 1.04. The Labute approximate surface area is 148 Å². The Hall–Kier alpha value is -0.900. The molecule has 0 aliphatic carbocycles. The van der Waals surface area contributed by atoms with Crippen LogP contribution in [0.5, 0.6) is 0 Å². The molecule has 1 aromatic carbocycles. The van der Waals surface area contributed by atoms with Crippen molar-refractivity contribution in [2.45, 2.75) is 12.8 Å². The zero-order valence-electron chi connectivity index (χ0n) is 12.8. The number of halogens is 2. The lowest BCUT2D eigenvalue weighted by Gasteiger charge is -2.11. The smallest absolute Gasteiger partial charge is 0.190 e. The molecular formula is C14H23FIN3O2S. The van der Waals surface area contributed by atoms with Crippen molar-refractivity contribution in [2.75, 3.05) is 32.1 Å². The van der Waals surface area contributed by atoms with Gasteiger partial charge < -0.3 is 10.6 Å². The number of rotatable bonds is 7. The van der Waals surface area contributed by atoms with Crippen LogP contribution in [0, 0.1) is 5.82 Å². The van der Waals surface area contributed by atoms with Crippen molar-refractivity contribution in [1.82, 2.24) is 10.6 Å². The molecule has 1 rings (SSSR count). The van der Waals surface area contributed by atoms with Crippen molar-refractivity contribution >= 4 is 39.8 Å². The maximum atomic E-state index is 12.8. The van der Waals surface area contributed by atoms with Gasteiger partial charge in [0.05, 0.1) is 5.75 Å². The molecule has 0 bridgehead atoms. The number of nitrogens with one attached hydrogen (secondary N) is 2. The van der Waals surface area contributed by atoms with E-state index in [0.29, 0.717) is 25.5 Å². The van der Waals surface area contributed by atoms with Crippen LogP contribution in [0.2, 0.25) is 0 Å². The number of aliphatic imine (C=N–C) groups is 1. The lowest BCUT2D eigenvalue weighted by molar-refractivity contribution is 0.598. The first-order valence-corrected chi connectivity index (χ1v) is 8.83. The van der Waals surface area contributed by atoms with E-state index in [2.05, 4.69) is 15.6 Å². The summed E-state index contributed by atoms with van der Waals surface area (Å²) in [4.78, 5) is 4.05. The fraction of sp³-hybridized carbons (Fsp3) is 0.500. The first-order chi connectivity index (χ1) is 9.90. The summed E-state index contributed by atoms with van der Waals surface area (Å²) in [6.45, 7) is 1.21. The molecule has 0 aliphatic heterocycles.